The lowest BCUT2D eigenvalue weighted by Gasteiger charge is -2.23. The van der Waals surface area contributed by atoms with Crippen molar-refractivity contribution < 1.29 is 4.79 Å². The van der Waals surface area contributed by atoms with Gasteiger partial charge in [-0.15, -0.1) is 0 Å². The van der Waals surface area contributed by atoms with Gasteiger partial charge >= 0.3 is 0 Å². The smallest absolute Gasteiger partial charge is 0.237 e. The molecule has 1 N–H and O–H groups in total. The molecular weight excluding hydrogens is 312 g/mol. The van der Waals surface area contributed by atoms with Gasteiger partial charge in [-0.3, -0.25) is 4.79 Å². The monoisotopic (exact) mass is 338 g/mol. The second-order valence-corrected chi connectivity index (χ2v) is 7.44. The average molecular weight is 339 g/mol. The molecule has 5 heteroatoms. The number of nitrogens with zero attached hydrogens (tertiary/aromatic N) is 1. The van der Waals surface area contributed by atoms with Crippen LogP contribution in [0.25, 0.3) is 0 Å². The van der Waals surface area contributed by atoms with Crippen LogP contribution in [0, 0.1) is 0 Å². The quantitative estimate of drug-likeness (QED) is 0.774. The largest absolute Gasteiger partial charge is 0.358 e. The molecule has 0 bridgehead atoms. The zero-order chi connectivity index (χ0) is 16.7. The summed E-state index contributed by atoms with van der Waals surface area (Å²) in [7, 11) is 0. The predicted molar refractivity (Wildman–Crippen MR) is 102 cm³/mol. The molecule has 0 saturated carbocycles. The molecule has 0 aliphatic carbocycles. The SMILES string of the molecule is CCN(CC)C(=S)S[C@H](C)C(=O)Nc1ccc(C(C)C)cc1. The lowest BCUT2D eigenvalue weighted by atomic mass is 10.0. The maximum atomic E-state index is 12.3. The van der Waals surface area contributed by atoms with E-state index in [1.165, 1.54) is 17.3 Å². The third-order valence-electron chi connectivity index (χ3n) is 3.51. The summed E-state index contributed by atoms with van der Waals surface area (Å²) in [6.45, 7) is 12.1. The van der Waals surface area contributed by atoms with Crippen LogP contribution in [0.3, 0.4) is 0 Å². The van der Waals surface area contributed by atoms with Crippen molar-refractivity contribution in [3.05, 3.63) is 29.8 Å². The van der Waals surface area contributed by atoms with E-state index in [1.807, 2.05) is 19.1 Å². The first-order valence-corrected chi connectivity index (χ1v) is 9.04. The summed E-state index contributed by atoms with van der Waals surface area (Å²) in [6, 6.07) is 8.01. The minimum absolute atomic E-state index is 0.0168. The normalized spacial score (nSPS) is 12.1. The average Bonchev–Trinajstić information content (AvgIpc) is 2.48. The molecule has 0 radical (unpaired) electrons. The van der Waals surface area contributed by atoms with Crippen molar-refractivity contribution in [3.63, 3.8) is 0 Å². The van der Waals surface area contributed by atoms with E-state index in [0.717, 1.165) is 23.1 Å². The zero-order valence-electron chi connectivity index (χ0n) is 14.1. The molecule has 0 heterocycles. The number of thiocarbonyl (C=S) groups is 1. The summed E-state index contributed by atoms with van der Waals surface area (Å²) < 4.78 is 0.780. The molecule has 0 unspecified atom stereocenters. The standard InChI is InChI=1S/C17H26N2OS2/c1-6-19(7-2)17(21)22-13(5)16(20)18-15-10-8-14(9-11-15)12(3)4/h8-13H,6-7H2,1-5H3,(H,18,20)/t13-/m1/s1. The fraction of sp³-hybridized carbons (Fsp3) is 0.529. The highest BCUT2D eigenvalue weighted by Gasteiger charge is 2.18. The second-order valence-electron chi connectivity index (χ2n) is 5.46. The Labute approximate surface area is 143 Å². The maximum Gasteiger partial charge on any atom is 0.237 e. The van der Waals surface area contributed by atoms with Crippen LogP contribution in [0.1, 0.15) is 46.1 Å². The Kier molecular flexibility index (Phi) is 7.90. The van der Waals surface area contributed by atoms with Gasteiger partial charge in [-0.05, 0) is 44.4 Å². The molecule has 3 nitrogen and oxygen atoms in total. The minimum Gasteiger partial charge on any atom is -0.358 e. The van der Waals surface area contributed by atoms with E-state index in [1.54, 1.807) is 0 Å². The number of anilines is 1. The van der Waals surface area contributed by atoms with E-state index >= 15 is 0 Å². The fourth-order valence-electron chi connectivity index (χ4n) is 1.96. The van der Waals surface area contributed by atoms with Crippen molar-refractivity contribution in [1.29, 1.82) is 0 Å². The van der Waals surface area contributed by atoms with E-state index in [-0.39, 0.29) is 11.2 Å². The Morgan fingerprint density at radius 3 is 2.18 bits per heavy atom. The summed E-state index contributed by atoms with van der Waals surface area (Å²) in [5, 5.41) is 2.74. The number of amides is 1. The highest BCUT2D eigenvalue weighted by molar-refractivity contribution is 8.23. The van der Waals surface area contributed by atoms with E-state index in [9.17, 15) is 4.79 Å². The Balaban J connectivity index is 2.58. The number of hydrogen-bond acceptors (Lipinski definition) is 3. The summed E-state index contributed by atoms with van der Waals surface area (Å²) >= 11 is 6.83. The first-order chi connectivity index (χ1) is 10.4. The number of hydrogen-bond donors (Lipinski definition) is 1. The molecule has 22 heavy (non-hydrogen) atoms. The van der Waals surface area contributed by atoms with Crippen LogP contribution >= 0.6 is 24.0 Å². The molecule has 122 valence electrons. The predicted octanol–water partition coefficient (Wildman–Crippen LogP) is 4.50. The number of rotatable bonds is 6. The van der Waals surface area contributed by atoms with Crippen molar-refractivity contribution in [2.75, 3.05) is 18.4 Å². The van der Waals surface area contributed by atoms with E-state index in [2.05, 4.69) is 50.0 Å². The van der Waals surface area contributed by atoms with Crippen molar-refractivity contribution >= 4 is 39.9 Å². The van der Waals surface area contributed by atoms with Crippen LogP contribution in [-0.2, 0) is 4.79 Å². The van der Waals surface area contributed by atoms with Gasteiger partial charge in [-0.25, -0.2) is 0 Å². The van der Waals surface area contributed by atoms with Gasteiger partial charge in [0.25, 0.3) is 0 Å². The molecule has 1 rings (SSSR count). The zero-order valence-corrected chi connectivity index (χ0v) is 15.7. The maximum absolute atomic E-state index is 12.3. The van der Waals surface area contributed by atoms with Gasteiger partial charge in [0.2, 0.25) is 5.91 Å². The molecule has 1 aromatic carbocycles. The highest BCUT2D eigenvalue weighted by Crippen LogP contribution is 2.20. The Morgan fingerprint density at radius 1 is 1.18 bits per heavy atom. The Morgan fingerprint density at radius 2 is 1.73 bits per heavy atom. The van der Waals surface area contributed by atoms with Crippen LogP contribution in [0.15, 0.2) is 24.3 Å². The molecule has 1 atom stereocenters. The van der Waals surface area contributed by atoms with Crippen molar-refractivity contribution in [2.45, 2.75) is 45.8 Å². The lowest BCUT2D eigenvalue weighted by Crippen LogP contribution is -2.31. The number of carbonyl (C=O) groups is 1. The third-order valence-corrected chi connectivity index (χ3v) is 5.09. The van der Waals surface area contributed by atoms with Crippen LogP contribution in [0.5, 0.6) is 0 Å². The fourth-order valence-corrected chi connectivity index (χ4v) is 3.52. The van der Waals surface area contributed by atoms with E-state index < -0.39 is 0 Å². The van der Waals surface area contributed by atoms with Crippen LogP contribution < -0.4 is 5.32 Å². The highest BCUT2D eigenvalue weighted by atomic mass is 32.2. The van der Waals surface area contributed by atoms with E-state index in [4.69, 9.17) is 12.2 Å². The lowest BCUT2D eigenvalue weighted by molar-refractivity contribution is -0.115. The van der Waals surface area contributed by atoms with Gasteiger partial charge in [-0.2, -0.15) is 0 Å². The third kappa shape index (κ3) is 5.61. The van der Waals surface area contributed by atoms with E-state index in [0.29, 0.717) is 5.92 Å². The van der Waals surface area contributed by atoms with Crippen molar-refractivity contribution in [3.8, 4) is 0 Å². The Bertz CT molecular complexity index is 496. The van der Waals surface area contributed by atoms with Gasteiger partial charge in [-0.1, -0.05) is 50.0 Å². The number of nitrogens with one attached hydrogen (secondary N) is 1. The van der Waals surface area contributed by atoms with Crippen molar-refractivity contribution in [1.82, 2.24) is 4.90 Å². The van der Waals surface area contributed by atoms with Crippen LogP contribution in [0.4, 0.5) is 5.69 Å². The number of benzene rings is 1. The van der Waals surface area contributed by atoms with Crippen molar-refractivity contribution in [2.24, 2.45) is 0 Å². The first kappa shape index (κ1) is 19.0. The summed E-state index contributed by atoms with van der Waals surface area (Å²) in [5.74, 6) is 0.475. The molecule has 0 aliphatic rings. The van der Waals surface area contributed by atoms with Gasteiger partial charge in [0.1, 0.15) is 4.32 Å². The molecule has 0 fully saturated rings. The van der Waals surface area contributed by atoms with Gasteiger partial charge in [0, 0.05) is 18.8 Å². The molecule has 0 aromatic heterocycles. The number of carbonyl (C=O) groups excluding carboxylic acids is 1. The summed E-state index contributed by atoms with van der Waals surface area (Å²) in [6.07, 6.45) is 0. The second kappa shape index (κ2) is 9.16. The summed E-state index contributed by atoms with van der Waals surface area (Å²) in [5.41, 5.74) is 2.10. The topological polar surface area (TPSA) is 32.3 Å². The molecule has 1 amide bonds. The molecule has 0 saturated heterocycles. The Hall–Kier alpha value is -1.07. The number of thioether (sulfide) groups is 1. The van der Waals surface area contributed by atoms with Crippen LogP contribution in [-0.4, -0.2) is 33.5 Å². The molecule has 1 aromatic rings. The van der Waals surface area contributed by atoms with Gasteiger partial charge in [0.05, 0.1) is 5.25 Å². The molecule has 0 aliphatic heterocycles. The molecular formula is C17H26N2OS2. The van der Waals surface area contributed by atoms with Crippen LogP contribution in [0.2, 0.25) is 0 Å². The summed E-state index contributed by atoms with van der Waals surface area (Å²) in [4.78, 5) is 14.3. The van der Waals surface area contributed by atoms with Gasteiger partial charge < -0.3 is 10.2 Å². The molecule has 0 spiro atoms. The first-order valence-electron chi connectivity index (χ1n) is 7.75. The minimum atomic E-state index is -0.210. The van der Waals surface area contributed by atoms with Gasteiger partial charge in [0.15, 0.2) is 0 Å².